The normalized spacial score (nSPS) is 14.8. The van der Waals surface area contributed by atoms with Crippen LogP contribution in [0.1, 0.15) is 32.1 Å². The van der Waals surface area contributed by atoms with Crippen LogP contribution in [0.15, 0.2) is 46.6 Å². The van der Waals surface area contributed by atoms with E-state index in [9.17, 15) is 4.79 Å². The molecular weight excluding hydrogens is 328 g/mol. The van der Waals surface area contributed by atoms with E-state index in [1.165, 1.54) is 18.4 Å². The van der Waals surface area contributed by atoms with Gasteiger partial charge in [-0.05, 0) is 53.7 Å². The average Bonchev–Trinajstić information content (AvgIpc) is 2.48. The van der Waals surface area contributed by atoms with E-state index in [-0.39, 0.29) is 5.91 Å². The molecule has 0 radical (unpaired) electrons. The van der Waals surface area contributed by atoms with Crippen LogP contribution < -0.4 is 5.32 Å². The highest BCUT2D eigenvalue weighted by atomic mass is 79.9. The number of halogens is 1. The largest absolute Gasteiger partial charge is 0.324 e. The van der Waals surface area contributed by atoms with E-state index in [0.29, 0.717) is 6.42 Å². The number of aromatic nitrogens is 1. The van der Waals surface area contributed by atoms with Crippen molar-refractivity contribution in [1.82, 2.24) is 4.98 Å². The van der Waals surface area contributed by atoms with Crippen molar-refractivity contribution in [2.24, 2.45) is 0 Å². The summed E-state index contributed by atoms with van der Waals surface area (Å²) in [6.45, 7) is 0. The Bertz CT molecular complexity index is 709. The highest BCUT2D eigenvalue weighted by Crippen LogP contribution is 2.25. The first-order valence-corrected chi connectivity index (χ1v) is 8.04. The maximum Gasteiger partial charge on any atom is 0.228 e. The van der Waals surface area contributed by atoms with Gasteiger partial charge in [-0.15, -0.1) is 0 Å². The summed E-state index contributed by atoms with van der Waals surface area (Å²) in [5.74, 6) is 0.0420. The maximum atomic E-state index is 12.2. The number of rotatable bonds is 3. The quantitative estimate of drug-likeness (QED) is 0.810. The van der Waals surface area contributed by atoms with Crippen LogP contribution in [0.25, 0.3) is 10.9 Å². The number of pyridine rings is 1. The zero-order chi connectivity index (χ0) is 14.7. The van der Waals surface area contributed by atoms with Gasteiger partial charge in [0.25, 0.3) is 0 Å². The van der Waals surface area contributed by atoms with E-state index >= 15 is 0 Å². The first-order chi connectivity index (χ1) is 10.2. The second-order valence-corrected chi connectivity index (χ2v) is 6.28. The zero-order valence-electron chi connectivity index (χ0n) is 11.7. The molecule has 1 aromatic carbocycles. The number of nitrogens with zero attached hydrogens (tertiary/aromatic N) is 1. The minimum Gasteiger partial charge on any atom is -0.324 e. The Hall–Kier alpha value is -1.68. The number of carbonyl (C=O) groups is 1. The molecule has 1 amide bonds. The summed E-state index contributed by atoms with van der Waals surface area (Å²) < 4.78 is 0.936. The standard InChI is InChI=1S/C17H17BrN2O/c18-14-10-13-7-4-8-15(17(13)19-11-14)20-16(21)9-12-5-2-1-3-6-12/h4-5,7-8,10-11H,1-3,6,9H2,(H,20,21). The van der Waals surface area contributed by atoms with Crippen LogP contribution in [0, 0.1) is 0 Å². The molecule has 4 heteroatoms. The number of benzene rings is 1. The summed E-state index contributed by atoms with van der Waals surface area (Å²) in [5, 5.41) is 4.01. The summed E-state index contributed by atoms with van der Waals surface area (Å²) in [4.78, 5) is 16.6. The lowest BCUT2D eigenvalue weighted by atomic mass is 9.97. The fourth-order valence-corrected chi connectivity index (χ4v) is 3.05. The Labute approximate surface area is 132 Å². The molecule has 0 fully saturated rings. The van der Waals surface area contributed by atoms with E-state index in [2.05, 4.69) is 32.3 Å². The van der Waals surface area contributed by atoms with Crippen molar-refractivity contribution in [3.8, 4) is 0 Å². The van der Waals surface area contributed by atoms with Gasteiger partial charge >= 0.3 is 0 Å². The second kappa shape index (κ2) is 6.39. The summed E-state index contributed by atoms with van der Waals surface area (Å²) in [5.41, 5.74) is 2.86. The van der Waals surface area contributed by atoms with Gasteiger partial charge < -0.3 is 5.32 Å². The summed E-state index contributed by atoms with van der Waals surface area (Å²) in [7, 11) is 0. The molecule has 2 aromatic rings. The number of fused-ring (bicyclic) bond motifs is 1. The molecule has 1 aliphatic carbocycles. The Balaban J connectivity index is 1.78. The highest BCUT2D eigenvalue weighted by molar-refractivity contribution is 9.10. The fourth-order valence-electron chi connectivity index (χ4n) is 2.70. The van der Waals surface area contributed by atoms with E-state index in [0.717, 1.165) is 33.9 Å². The minimum atomic E-state index is 0.0420. The first kappa shape index (κ1) is 14.3. The third kappa shape index (κ3) is 3.50. The molecule has 1 aromatic heterocycles. The lowest BCUT2D eigenvalue weighted by Gasteiger charge is -2.13. The maximum absolute atomic E-state index is 12.2. The first-order valence-electron chi connectivity index (χ1n) is 7.24. The molecule has 1 N–H and O–H groups in total. The molecule has 1 aliphatic rings. The number of carbonyl (C=O) groups excluding carboxylic acids is 1. The number of hydrogen-bond donors (Lipinski definition) is 1. The van der Waals surface area contributed by atoms with Crippen molar-refractivity contribution in [3.63, 3.8) is 0 Å². The lowest BCUT2D eigenvalue weighted by Crippen LogP contribution is -2.13. The number of allylic oxidation sites excluding steroid dienone is 1. The van der Waals surface area contributed by atoms with Gasteiger partial charge in [-0.25, -0.2) is 0 Å². The average molecular weight is 345 g/mol. The molecule has 3 rings (SSSR count). The summed E-state index contributed by atoms with van der Waals surface area (Å²) in [6, 6.07) is 7.83. The van der Waals surface area contributed by atoms with Crippen molar-refractivity contribution in [2.75, 3.05) is 5.32 Å². The molecular formula is C17H17BrN2O. The predicted molar refractivity (Wildman–Crippen MR) is 89.2 cm³/mol. The van der Waals surface area contributed by atoms with E-state index in [1.54, 1.807) is 6.20 Å². The molecule has 0 bridgehead atoms. The van der Waals surface area contributed by atoms with Gasteiger partial charge in [0.2, 0.25) is 5.91 Å². The van der Waals surface area contributed by atoms with Crippen molar-refractivity contribution >= 4 is 38.4 Å². The number of para-hydroxylation sites is 1. The van der Waals surface area contributed by atoms with Gasteiger partial charge in [0.05, 0.1) is 11.2 Å². The van der Waals surface area contributed by atoms with E-state index in [4.69, 9.17) is 0 Å². The van der Waals surface area contributed by atoms with Gasteiger partial charge in [0.1, 0.15) is 0 Å². The topological polar surface area (TPSA) is 42.0 Å². The Morgan fingerprint density at radius 2 is 2.24 bits per heavy atom. The monoisotopic (exact) mass is 344 g/mol. The molecule has 0 aliphatic heterocycles. The van der Waals surface area contributed by atoms with Gasteiger partial charge in [-0.1, -0.05) is 23.8 Å². The van der Waals surface area contributed by atoms with Crippen LogP contribution in [0.4, 0.5) is 5.69 Å². The Morgan fingerprint density at radius 3 is 3.05 bits per heavy atom. The number of nitrogens with one attached hydrogen (secondary N) is 1. The van der Waals surface area contributed by atoms with Crippen LogP contribution in [-0.4, -0.2) is 10.9 Å². The molecule has 0 unspecified atom stereocenters. The third-order valence-electron chi connectivity index (χ3n) is 3.72. The zero-order valence-corrected chi connectivity index (χ0v) is 13.3. The molecule has 1 heterocycles. The molecule has 0 saturated carbocycles. The molecule has 3 nitrogen and oxygen atoms in total. The molecule has 0 saturated heterocycles. The van der Waals surface area contributed by atoms with Crippen molar-refractivity contribution in [1.29, 1.82) is 0 Å². The van der Waals surface area contributed by atoms with Gasteiger partial charge in [-0.2, -0.15) is 0 Å². The third-order valence-corrected chi connectivity index (χ3v) is 4.16. The van der Waals surface area contributed by atoms with E-state index < -0.39 is 0 Å². The van der Waals surface area contributed by atoms with Crippen LogP contribution >= 0.6 is 15.9 Å². The van der Waals surface area contributed by atoms with Gasteiger partial charge in [0, 0.05) is 22.5 Å². The smallest absolute Gasteiger partial charge is 0.228 e. The Morgan fingerprint density at radius 1 is 1.33 bits per heavy atom. The van der Waals surface area contributed by atoms with E-state index in [1.807, 2.05) is 24.3 Å². The molecule has 21 heavy (non-hydrogen) atoms. The molecule has 0 atom stereocenters. The summed E-state index contributed by atoms with van der Waals surface area (Å²) >= 11 is 3.42. The van der Waals surface area contributed by atoms with Crippen LogP contribution in [0.2, 0.25) is 0 Å². The fraction of sp³-hybridized carbons (Fsp3) is 0.294. The van der Waals surface area contributed by atoms with Crippen molar-refractivity contribution in [3.05, 3.63) is 46.6 Å². The van der Waals surface area contributed by atoms with Crippen molar-refractivity contribution in [2.45, 2.75) is 32.1 Å². The summed E-state index contributed by atoms with van der Waals surface area (Å²) in [6.07, 6.45) is 9.05. The van der Waals surface area contributed by atoms with Gasteiger partial charge in [-0.3, -0.25) is 9.78 Å². The van der Waals surface area contributed by atoms with Crippen LogP contribution in [0.3, 0.4) is 0 Å². The van der Waals surface area contributed by atoms with Crippen LogP contribution in [-0.2, 0) is 4.79 Å². The number of amides is 1. The second-order valence-electron chi connectivity index (χ2n) is 5.36. The highest BCUT2D eigenvalue weighted by Gasteiger charge is 2.11. The van der Waals surface area contributed by atoms with Crippen molar-refractivity contribution < 1.29 is 4.79 Å². The molecule has 108 valence electrons. The minimum absolute atomic E-state index is 0.0420. The lowest BCUT2D eigenvalue weighted by molar-refractivity contribution is -0.115. The number of hydrogen-bond acceptors (Lipinski definition) is 2. The van der Waals surface area contributed by atoms with Crippen LogP contribution in [0.5, 0.6) is 0 Å². The predicted octanol–water partition coefficient (Wildman–Crippen LogP) is 4.83. The van der Waals surface area contributed by atoms with Gasteiger partial charge in [0.15, 0.2) is 0 Å². The molecule has 0 spiro atoms. The SMILES string of the molecule is O=C(CC1=CCCCC1)Nc1cccc2cc(Br)cnc12. The number of anilines is 1. The Kier molecular flexibility index (Phi) is 4.34.